The maximum Gasteiger partial charge on any atom is 0.303 e. The monoisotopic (exact) mass is 255 g/mol. The van der Waals surface area contributed by atoms with Crippen molar-refractivity contribution in [3.05, 3.63) is 0 Å². The second-order valence-corrected chi connectivity index (χ2v) is 4.96. The molecule has 1 aliphatic rings. The first kappa shape index (κ1) is 14.7. The lowest BCUT2D eigenvalue weighted by atomic mass is 10.00. The first-order chi connectivity index (χ1) is 8.45. The smallest absolute Gasteiger partial charge is 0.303 e. The summed E-state index contributed by atoms with van der Waals surface area (Å²) < 4.78 is 0. The van der Waals surface area contributed by atoms with Gasteiger partial charge < -0.3 is 5.11 Å². The van der Waals surface area contributed by atoms with Crippen molar-refractivity contribution in [3.63, 3.8) is 0 Å². The van der Waals surface area contributed by atoms with Crippen LogP contribution in [0, 0.1) is 11.8 Å². The molecule has 0 bridgehead atoms. The molecule has 2 unspecified atom stereocenters. The Labute approximate surface area is 107 Å². The molecule has 1 heterocycles. The van der Waals surface area contributed by atoms with Crippen LogP contribution in [0.25, 0.3) is 0 Å². The van der Waals surface area contributed by atoms with Gasteiger partial charge in [0.1, 0.15) is 0 Å². The first-order valence-corrected chi connectivity index (χ1v) is 6.52. The largest absolute Gasteiger partial charge is 0.481 e. The van der Waals surface area contributed by atoms with Crippen molar-refractivity contribution in [1.29, 1.82) is 0 Å². The lowest BCUT2D eigenvalue weighted by Gasteiger charge is -2.13. The molecule has 1 aliphatic heterocycles. The van der Waals surface area contributed by atoms with Gasteiger partial charge in [-0.3, -0.25) is 19.3 Å². The molecule has 2 amide bonds. The van der Waals surface area contributed by atoms with Crippen LogP contribution in [0.3, 0.4) is 0 Å². The van der Waals surface area contributed by atoms with Gasteiger partial charge in [0.2, 0.25) is 11.8 Å². The highest BCUT2D eigenvalue weighted by molar-refractivity contribution is 6.04. The Kier molecular flexibility index (Phi) is 5.31. The van der Waals surface area contributed by atoms with E-state index in [2.05, 4.69) is 0 Å². The highest BCUT2D eigenvalue weighted by Gasteiger charge is 2.41. The fourth-order valence-electron chi connectivity index (χ4n) is 2.15. The number of hydrogen-bond acceptors (Lipinski definition) is 3. The van der Waals surface area contributed by atoms with Crippen LogP contribution in [0.1, 0.15) is 46.0 Å². The van der Waals surface area contributed by atoms with Gasteiger partial charge in [-0.05, 0) is 12.8 Å². The third-order valence-electron chi connectivity index (χ3n) is 3.58. The highest BCUT2D eigenvalue weighted by Crippen LogP contribution is 2.25. The van der Waals surface area contributed by atoms with Crippen LogP contribution in [0.5, 0.6) is 0 Å². The van der Waals surface area contributed by atoms with E-state index in [1.54, 1.807) is 13.8 Å². The maximum absolute atomic E-state index is 11.8. The zero-order valence-electron chi connectivity index (χ0n) is 11.0. The van der Waals surface area contributed by atoms with Gasteiger partial charge in [-0.25, -0.2) is 0 Å². The number of aliphatic carboxylic acids is 1. The van der Waals surface area contributed by atoms with Crippen molar-refractivity contribution < 1.29 is 19.5 Å². The SMILES string of the molecule is CC1C(=O)N(CCCCCCC(=O)O)C(=O)C1C. The molecule has 0 saturated carbocycles. The van der Waals surface area contributed by atoms with Gasteiger partial charge in [-0.2, -0.15) is 0 Å². The molecule has 1 rings (SSSR count). The number of imide groups is 1. The summed E-state index contributed by atoms with van der Waals surface area (Å²) in [4.78, 5) is 35.2. The molecule has 1 fully saturated rings. The van der Waals surface area contributed by atoms with Crippen LogP contribution >= 0.6 is 0 Å². The minimum absolute atomic E-state index is 0.0713. The first-order valence-electron chi connectivity index (χ1n) is 6.52. The molecule has 0 spiro atoms. The van der Waals surface area contributed by atoms with Gasteiger partial charge in [-0.15, -0.1) is 0 Å². The summed E-state index contributed by atoms with van der Waals surface area (Å²) in [6.45, 7) is 4.05. The Morgan fingerprint density at radius 1 is 1.06 bits per heavy atom. The summed E-state index contributed by atoms with van der Waals surface area (Å²) in [6.07, 6.45) is 3.29. The van der Waals surface area contributed by atoms with Gasteiger partial charge in [0.05, 0.1) is 0 Å². The Balaban J connectivity index is 2.22. The van der Waals surface area contributed by atoms with Crippen LogP contribution in [0.15, 0.2) is 0 Å². The minimum atomic E-state index is -0.775. The van der Waals surface area contributed by atoms with E-state index in [0.717, 1.165) is 19.3 Å². The molecular formula is C13H21NO4. The predicted molar refractivity (Wildman–Crippen MR) is 65.8 cm³/mol. The Morgan fingerprint density at radius 3 is 2.06 bits per heavy atom. The normalized spacial score (nSPS) is 23.8. The van der Waals surface area contributed by atoms with Crippen LogP contribution in [0.2, 0.25) is 0 Å². The standard InChI is InChI=1S/C13H21NO4/c1-9-10(2)13(18)14(12(9)17)8-6-4-3-5-7-11(15)16/h9-10H,3-8H2,1-2H3,(H,15,16). The lowest BCUT2D eigenvalue weighted by molar-refractivity contribution is -0.140. The van der Waals surface area contributed by atoms with E-state index in [9.17, 15) is 14.4 Å². The molecule has 2 atom stereocenters. The van der Waals surface area contributed by atoms with E-state index < -0.39 is 5.97 Å². The lowest BCUT2D eigenvalue weighted by Crippen LogP contribution is -2.31. The van der Waals surface area contributed by atoms with Crippen LogP contribution < -0.4 is 0 Å². The number of carbonyl (C=O) groups excluding carboxylic acids is 2. The van der Waals surface area contributed by atoms with Crippen LogP contribution in [-0.2, 0) is 14.4 Å². The fourth-order valence-corrected chi connectivity index (χ4v) is 2.15. The van der Waals surface area contributed by atoms with E-state index in [-0.39, 0.29) is 30.1 Å². The number of likely N-dealkylation sites (tertiary alicyclic amines) is 1. The second-order valence-electron chi connectivity index (χ2n) is 4.96. The zero-order valence-corrected chi connectivity index (χ0v) is 11.0. The van der Waals surface area contributed by atoms with E-state index in [1.165, 1.54) is 4.90 Å². The zero-order chi connectivity index (χ0) is 13.7. The number of hydrogen-bond donors (Lipinski definition) is 1. The summed E-state index contributed by atoms with van der Waals surface area (Å²) >= 11 is 0. The summed E-state index contributed by atoms with van der Waals surface area (Å²) in [5, 5.41) is 8.47. The number of carboxylic acid groups (broad SMARTS) is 1. The fraction of sp³-hybridized carbons (Fsp3) is 0.769. The van der Waals surface area contributed by atoms with Gasteiger partial charge in [0.25, 0.3) is 0 Å². The average molecular weight is 255 g/mol. The summed E-state index contributed by atoms with van der Waals surface area (Å²) in [5.74, 6) is -1.33. The third-order valence-corrected chi connectivity index (χ3v) is 3.58. The van der Waals surface area contributed by atoms with Crippen molar-refractivity contribution >= 4 is 17.8 Å². The van der Waals surface area contributed by atoms with Gasteiger partial charge in [-0.1, -0.05) is 26.7 Å². The van der Waals surface area contributed by atoms with Crippen LogP contribution in [0.4, 0.5) is 0 Å². The van der Waals surface area contributed by atoms with Crippen molar-refractivity contribution in [1.82, 2.24) is 4.90 Å². The number of unbranched alkanes of at least 4 members (excludes halogenated alkanes) is 3. The number of carbonyl (C=O) groups is 3. The molecule has 1 saturated heterocycles. The summed E-state index contributed by atoms with van der Waals surface area (Å²) in [6, 6.07) is 0. The number of rotatable bonds is 7. The summed E-state index contributed by atoms with van der Waals surface area (Å²) in [5.41, 5.74) is 0. The molecule has 0 aromatic carbocycles. The van der Waals surface area contributed by atoms with E-state index in [4.69, 9.17) is 5.11 Å². The van der Waals surface area contributed by atoms with Crippen molar-refractivity contribution in [3.8, 4) is 0 Å². The van der Waals surface area contributed by atoms with Gasteiger partial charge in [0.15, 0.2) is 0 Å². The Bertz CT molecular complexity index is 320. The second kappa shape index (κ2) is 6.52. The molecule has 5 nitrogen and oxygen atoms in total. The van der Waals surface area contributed by atoms with Crippen molar-refractivity contribution in [2.45, 2.75) is 46.0 Å². The van der Waals surface area contributed by atoms with Crippen molar-refractivity contribution in [2.24, 2.45) is 11.8 Å². The third kappa shape index (κ3) is 3.55. The van der Waals surface area contributed by atoms with Gasteiger partial charge in [0, 0.05) is 24.8 Å². The Hall–Kier alpha value is -1.39. The molecule has 0 aromatic rings. The topological polar surface area (TPSA) is 74.7 Å². The molecule has 5 heteroatoms. The molecule has 18 heavy (non-hydrogen) atoms. The van der Waals surface area contributed by atoms with E-state index in [1.807, 2.05) is 0 Å². The molecule has 0 aromatic heterocycles. The van der Waals surface area contributed by atoms with Crippen LogP contribution in [-0.4, -0.2) is 34.3 Å². The van der Waals surface area contributed by atoms with E-state index >= 15 is 0 Å². The number of amides is 2. The molecule has 0 radical (unpaired) electrons. The number of carboxylic acids is 1. The highest BCUT2D eigenvalue weighted by atomic mass is 16.4. The van der Waals surface area contributed by atoms with Gasteiger partial charge >= 0.3 is 5.97 Å². The Morgan fingerprint density at radius 2 is 1.56 bits per heavy atom. The molecule has 102 valence electrons. The average Bonchev–Trinajstić information content (AvgIpc) is 2.50. The number of nitrogens with zero attached hydrogens (tertiary/aromatic N) is 1. The molecular weight excluding hydrogens is 234 g/mol. The predicted octanol–water partition coefficient (Wildman–Crippen LogP) is 1.66. The summed E-state index contributed by atoms with van der Waals surface area (Å²) in [7, 11) is 0. The maximum atomic E-state index is 11.8. The van der Waals surface area contributed by atoms with Crippen molar-refractivity contribution in [2.75, 3.05) is 6.54 Å². The quantitative estimate of drug-likeness (QED) is 0.554. The molecule has 0 aliphatic carbocycles. The minimum Gasteiger partial charge on any atom is -0.481 e. The molecule has 1 N–H and O–H groups in total. The van der Waals surface area contributed by atoms with E-state index in [0.29, 0.717) is 13.0 Å².